The lowest BCUT2D eigenvalue weighted by molar-refractivity contribution is -0.139. The summed E-state index contributed by atoms with van der Waals surface area (Å²) in [6.45, 7) is 2.30. The molecule has 1 heterocycles. The smallest absolute Gasteiger partial charge is 0.264 e. The maximum Gasteiger partial charge on any atom is 0.264 e. The van der Waals surface area contributed by atoms with Crippen molar-refractivity contribution in [3.05, 3.63) is 75.4 Å². The van der Waals surface area contributed by atoms with Gasteiger partial charge in [-0.05, 0) is 52.8 Å². The van der Waals surface area contributed by atoms with Crippen LogP contribution in [0.3, 0.4) is 0 Å². The fraction of sp³-hybridized carbons (Fsp3) is 0.286. The molecule has 2 aromatic rings. The number of amides is 1. The van der Waals surface area contributed by atoms with Crippen molar-refractivity contribution in [3.63, 3.8) is 0 Å². The van der Waals surface area contributed by atoms with E-state index in [1.807, 2.05) is 67.6 Å². The Labute approximate surface area is 167 Å². The first kappa shape index (κ1) is 19.1. The Bertz CT molecular complexity index is 821. The van der Waals surface area contributed by atoms with E-state index >= 15 is 0 Å². The third-order valence-corrected chi connectivity index (χ3v) is 5.47. The predicted molar refractivity (Wildman–Crippen MR) is 111 cm³/mol. The zero-order valence-electron chi connectivity index (χ0n) is 14.6. The molecular formula is C21H22INO3. The Balaban J connectivity index is 2.02. The standard InChI is InChI=1S/C21H22INO3/c1-15(7-5-6-12-24)21(26)18-13-17(22)10-11-19(18)23(20(21)25)14-16-8-3-2-4-9-16/h2-5,7-11,13,15,24,26H,6,12,14H2,1H3/b7-5+/t15-,21+/m0/s1. The third kappa shape index (κ3) is 3.43. The highest BCUT2D eigenvalue weighted by Crippen LogP contribution is 2.46. The van der Waals surface area contributed by atoms with Crippen LogP contribution < -0.4 is 4.90 Å². The minimum Gasteiger partial charge on any atom is -0.396 e. The fourth-order valence-electron chi connectivity index (χ4n) is 3.36. The number of carbonyl (C=O) groups is 1. The normalized spacial score (nSPS) is 20.6. The van der Waals surface area contributed by atoms with Gasteiger partial charge in [0.05, 0.1) is 12.2 Å². The second-order valence-corrected chi connectivity index (χ2v) is 7.78. The molecule has 1 aliphatic heterocycles. The highest BCUT2D eigenvalue weighted by atomic mass is 127. The highest BCUT2D eigenvalue weighted by molar-refractivity contribution is 14.1. The average molecular weight is 463 g/mol. The summed E-state index contributed by atoms with van der Waals surface area (Å²) in [5.74, 6) is -0.709. The molecule has 0 saturated heterocycles. The first-order chi connectivity index (χ1) is 12.5. The monoisotopic (exact) mass is 463 g/mol. The van der Waals surface area contributed by atoms with Crippen LogP contribution >= 0.6 is 22.6 Å². The molecule has 0 aliphatic carbocycles. The van der Waals surface area contributed by atoms with Gasteiger partial charge in [0.15, 0.2) is 5.60 Å². The van der Waals surface area contributed by atoms with Gasteiger partial charge < -0.3 is 15.1 Å². The van der Waals surface area contributed by atoms with E-state index in [2.05, 4.69) is 22.6 Å². The van der Waals surface area contributed by atoms with Crippen LogP contribution in [0.15, 0.2) is 60.7 Å². The third-order valence-electron chi connectivity index (χ3n) is 4.79. The zero-order chi connectivity index (χ0) is 18.7. The Morgan fingerprint density at radius 2 is 1.96 bits per heavy atom. The number of hydrogen-bond acceptors (Lipinski definition) is 3. The number of carbonyl (C=O) groups excluding carboxylic acids is 1. The van der Waals surface area contributed by atoms with Crippen molar-refractivity contribution in [2.45, 2.75) is 25.5 Å². The van der Waals surface area contributed by atoms with Crippen LogP contribution in [-0.2, 0) is 16.9 Å². The van der Waals surface area contributed by atoms with E-state index in [9.17, 15) is 9.90 Å². The van der Waals surface area contributed by atoms with Gasteiger partial charge in [-0.15, -0.1) is 0 Å². The van der Waals surface area contributed by atoms with Crippen molar-refractivity contribution in [2.75, 3.05) is 11.5 Å². The molecule has 2 aromatic carbocycles. The number of nitrogens with zero attached hydrogens (tertiary/aromatic N) is 1. The van der Waals surface area contributed by atoms with Crippen LogP contribution in [0, 0.1) is 9.49 Å². The molecule has 0 bridgehead atoms. The van der Waals surface area contributed by atoms with Crippen molar-refractivity contribution < 1.29 is 15.0 Å². The number of aliphatic hydroxyl groups excluding tert-OH is 1. The molecular weight excluding hydrogens is 441 g/mol. The minimum absolute atomic E-state index is 0.0458. The van der Waals surface area contributed by atoms with Crippen LogP contribution in [-0.4, -0.2) is 22.7 Å². The summed E-state index contributed by atoms with van der Waals surface area (Å²) in [5, 5.41) is 20.4. The van der Waals surface area contributed by atoms with Crippen LogP contribution in [0.5, 0.6) is 0 Å². The molecule has 0 saturated carbocycles. The Kier molecular flexibility index (Phi) is 5.79. The van der Waals surface area contributed by atoms with Crippen LogP contribution in [0.1, 0.15) is 24.5 Å². The molecule has 2 N–H and O–H groups in total. The summed E-state index contributed by atoms with van der Waals surface area (Å²) in [6, 6.07) is 15.5. The van der Waals surface area contributed by atoms with E-state index in [1.165, 1.54) is 0 Å². The fourth-order valence-corrected chi connectivity index (χ4v) is 3.85. The summed E-state index contributed by atoms with van der Waals surface area (Å²) in [7, 11) is 0. The van der Waals surface area contributed by atoms with Gasteiger partial charge in [0, 0.05) is 21.7 Å². The molecule has 2 atom stereocenters. The van der Waals surface area contributed by atoms with Crippen molar-refractivity contribution >= 4 is 34.2 Å². The van der Waals surface area contributed by atoms with Gasteiger partial charge in [-0.3, -0.25) is 4.79 Å². The maximum atomic E-state index is 13.3. The molecule has 3 rings (SSSR count). The van der Waals surface area contributed by atoms with Crippen molar-refractivity contribution in [1.29, 1.82) is 0 Å². The van der Waals surface area contributed by atoms with E-state index in [0.717, 1.165) is 14.8 Å². The Morgan fingerprint density at radius 1 is 1.23 bits per heavy atom. The molecule has 4 nitrogen and oxygen atoms in total. The second kappa shape index (κ2) is 7.90. The lowest BCUT2D eigenvalue weighted by atomic mass is 9.83. The summed E-state index contributed by atoms with van der Waals surface area (Å²) in [6.07, 6.45) is 4.12. The number of hydrogen-bond donors (Lipinski definition) is 2. The van der Waals surface area contributed by atoms with E-state index in [1.54, 1.807) is 4.90 Å². The number of rotatable bonds is 6. The van der Waals surface area contributed by atoms with E-state index in [4.69, 9.17) is 5.11 Å². The van der Waals surface area contributed by atoms with Crippen molar-refractivity contribution in [1.82, 2.24) is 0 Å². The van der Waals surface area contributed by atoms with Gasteiger partial charge in [0.1, 0.15) is 0 Å². The molecule has 1 aliphatic rings. The average Bonchev–Trinajstić information content (AvgIpc) is 2.85. The largest absolute Gasteiger partial charge is 0.396 e. The number of halogens is 1. The summed E-state index contributed by atoms with van der Waals surface area (Å²) in [5.41, 5.74) is 0.811. The lowest BCUT2D eigenvalue weighted by Gasteiger charge is -2.27. The predicted octanol–water partition coefficient (Wildman–Crippen LogP) is 3.60. The summed E-state index contributed by atoms with van der Waals surface area (Å²) >= 11 is 2.19. The topological polar surface area (TPSA) is 60.8 Å². The molecule has 0 spiro atoms. The molecule has 0 aromatic heterocycles. The van der Waals surface area contributed by atoms with Gasteiger partial charge >= 0.3 is 0 Å². The summed E-state index contributed by atoms with van der Waals surface area (Å²) in [4.78, 5) is 14.9. The van der Waals surface area contributed by atoms with Gasteiger partial charge in [-0.25, -0.2) is 0 Å². The first-order valence-electron chi connectivity index (χ1n) is 8.64. The maximum absolute atomic E-state index is 13.3. The molecule has 0 radical (unpaired) electrons. The molecule has 1 amide bonds. The van der Waals surface area contributed by atoms with E-state index in [0.29, 0.717) is 18.5 Å². The van der Waals surface area contributed by atoms with E-state index in [-0.39, 0.29) is 12.5 Å². The molecule has 136 valence electrons. The minimum atomic E-state index is -1.60. The Morgan fingerprint density at radius 3 is 2.65 bits per heavy atom. The molecule has 0 unspecified atom stereocenters. The van der Waals surface area contributed by atoms with Gasteiger partial charge in [-0.2, -0.15) is 0 Å². The number of fused-ring (bicyclic) bond motifs is 1. The van der Waals surface area contributed by atoms with Crippen LogP contribution in [0.2, 0.25) is 0 Å². The second-order valence-electron chi connectivity index (χ2n) is 6.53. The SMILES string of the molecule is C[C@@H](/C=C/CCO)[C@]1(O)C(=O)N(Cc2ccccc2)c2ccc(I)cc21. The Hall–Kier alpha value is -1.70. The van der Waals surface area contributed by atoms with Crippen molar-refractivity contribution in [2.24, 2.45) is 5.92 Å². The molecule has 0 fully saturated rings. The quantitative estimate of drug-likeness (QED) is 0.509. The van der Waals surface area contributed by atoms with Gasteiger partial charge in [0.25, 0.3) is 5.91 Å². The molecule has 26 heavy (non-hydrogen) atoms. The lowest BCUT2D eigenvalue weighted by Crippen LogP contribution is -2.44. The number of aliphatic hydroxyl groups is 2. The number of benzene rings is 2. The van der Waals surface area contributed by atoms with Crippen LogP contribution in [0.25, 0.3) is 0 Å². The molecule has 5 heteroatoms. The van der Waals surface area contributed by atoms with E-state index < -0.39 is 11.5 Å². The highest BCUT2D eigenvalue weighted by Gasteiger charge is 2.52. The van der Waals surface area contributed by atoms with Crippen molar-refractivity contribution in [3.8, 4) is 0 Å². The van der Waals surface area contributed by atoms with Crippen LogP contribution in [0.4, 0.5) is 5.69 Å². The van der Waals surface area contributed by atoms with Gasteiger partial charge in [0.2, 0.25) is 0 Å². The van der Waals surface area contributed by atoms with Gasteiger partial charge in [-0.1, -0.05) is 49.4 Å². The zero-order valence-corrected chi connectivity index (χ0v) is 16.8. The first-order valence-corrected chi connectivity index (χ1v) is 9.72. The number of anilines is 1. The summed E-state index contributed by atoms with van der Waals surface area (Å²) < 4.78 is 0.973.